The molecular weight excluding hydrogens is 220 g/mol. The van der Waals surface area contributed by atoms with Gasteiger partial charge in [0.2, 0.25) is 0 Å². The number of aromatic nitrogens is 1. The van der Waals surface area contributed by atoms with Crippen LogP contribution in [0.5, 0.6) is 0 Å². The van der Waals surface area contributed by atoms with Crippen molar-refractivity contribution in [3.05, 3.63) is 16.6 Å². The highest BCUT2D eigenvalue weighted by atomic mass is 32.1. The molecule has 6 nitrogen and oxygen atoms in total. The van der Waals surface area contributed by atoms with Crippen molar-refractivity contribution in [2.24, 2.45) is 5.73 Å². The summed E-state index contributed by atoms with van der Waals surface area (Å²) >= 11 is 1.64. The quantitative estimate of drug-likeness (QED) is 0.641. The molecule has 1 aromatic rings. The number of aliphatic carboxylic acids is 2. The Balaban J connectivity index is 0.000000288. The Hall–Kier alpha value is -1.47. The van der Waals surface area contributed by atoms with Gasteiger partial charge in [-0.05, 0) is 19.4 Å². The van der Waals surface area contributed by atoms with Crippen LogP contribution in [0.1, 0.15) is 12.1 Å². The van der Waals surface area contributed by atoms with E-state index in [1.54, 1.807) is 11.3 Å². The Morgan fingerprint density at radius 3 is 2.33 bits per heavy atom. The molecule has 0 atom stereocenters. The predicted molar refractivity (Wildman–Crippen MR) is 54.8 cm³/mol. The van der Waals surface area contributed by atoms with Crippen molar-refractivity contribution in [1.82, 2.24) is 4.98 Å². The SMILES string of the molecule is NCCCc1cscn1.O=C(O)C(=O)O. The molecule has 0 saturated heterocycles. The normalized spacial score (nSPS) is 8.87. The highest BCUT2D eigenvalue weighted by Gasteiger charge is 2.04. The first-order chi connectivity index (χ1) is 7.07. The third kappa shape index (κ3) is 7.59. The molecule has 7 heteroatoms. The van der Waals surface area contributed by atoms with Gasteiger partial charge in [-0.2, -0.15) is 0 Å². The second-order valence-electron chi connectivity index (χ2n) is 2.48. The third-order valence-corrected chi connectivity index (χ3v) is 1.94. The Morgan fingerprint density at radius 2 is 2.00 bits per heavy atom. The van der Waals surface area contributed by atoms with Crippen LogP contribution in [0, 0.1) is 0 Å². The average molecular weight is 232 g/mol. The van der Waals surface area contributed by atoms with Gasteiger partial charge in [-0.15, -0.1) is 11.3 Å². The second kappa shape index (κ2) is 7.89. The lowest BCUT2D eigenvalue weighted by atomic mass is 10.3. The van der Waals surface area contributed by atoms with Crippen LogP contribution in [0.3, 0.4) is 0 Å². The molecule has 0 spiro atoms. The van der Waals surface area contributed by atoms with Gasteiger partial charge in [0.15, 0.2) is 0 Å². The van der Waals surface area contributed by atoms with E-state index in [4.69, 9.17) is 25.5 Å². The maximum absolute atomic E-state index is 9.10. The Morgan fingerprint density at radius 1 is 1.40 bits per heavy atom. The largest absolute Gasteiger partial charge is 0.473 e. The van der Waals surface area contributed by atoms with E-state index in [9.17, 15) is 0 Å². The number of thiazole rings is 1. The molecule has 0 aliphatic carbocycles. The Bertz CT molecular complexity index is 288. The van der Waals surface area contributed by atoms with Gasteiger partial charge >= 0.3 is 11.9 Å². The van der Waals surface area contributed by atoms with Crippen molar-refractivity contribution in [2.75, 3.05) is 6.54 Å². The molecule has 0 aliphatic rings. The van der Waals surface area contributed by atoms with Crippen LogP contribution in [-0.2, 0) is 16.0 Å². The number of hydrogen-bond donors (Lipinski definition) is 3. The molecule has 0 aromatic carbocycles. The second-order valence-corrected chi connectivity index (χ2v) is 3.20. The van der Waals surface area contributed by atoms with Gasteiger partial charge in [0.1, 0.15) is 0 Å². The topological polar surface area (TPSA) is 114 Å². The van der Waals surface area contributed by atoms with Crippen molar-refractivity contribution < 1.29 is 19.8 Å². The third-order valence-electron chi connectivity index (χ3n) is 1.30. The Kier molecular flexibility index (Phi) is 7.12. The van der Waals surface area contributed by atoms with Gasteiger partial charge in [-0.3, -0.25) is 0 Å². The van der Waals surface area contributed by atoms with Crippen LogP contribution < -0.4 is 5.73 Å². The summed E-state index contributed by atoms with van der Waals surface area (Å²) in [7, 11) is 0. The van der Waals surface area contributed by atoms with Crippen LogP contribution >= 0.6 is 11.3 Å². The van der Waals surface area contributed by atoms with E-state index in [0.29, 0.717) is 0 Å². The number of carboxylic acids is 2. The summed E-state index contributed by atoms with van der Waals surface area (Å²) in [6.07, 6.45) is 2.07. The minimum Gasteiger partial charge on any atom is -0.473 e. The minimum absolute atomic E-state index is 0.761. The molecule has 0 fully saturated rings. The minimum atomic E-state index is -1.82. The zero-order valence-electron chi connectivity index (χ0n) is 7.92. The molecule has 0 bridgehead atoms. The van der Waals surface area contributed by atoms with Crippen LogP contribution in [0.4, 0.5) is 0 Å². The fourth-order valence-electron chi connectivity index (χ4n) is 0.644. The summed E-state index contributed by atoms with van der Waals surface area (Å²) in [5.74, 6) is -3.65. The van der Waals surface area contributed by atoms with Gasteiger partial charge in [0, 0.05) is 5.38 Å². The first kappa shape index (κ1) is 13.5. The zero-order chi connectivity index (χ0) is 11.7. The lowest BCUT2D eigenvalue weighted by molar-refractivity contribution is -0.159. The molecular formula is C8H12N2O4S. The Labute approximate surface area is 90.4 Å². The van der Waals surface area contributed by atoms with E-state index in [-0.39, 0.29) is 0 Å². The number of rotatable bonds is 3. The van der Waals surface area contributed by atoms with E-state index in [0.717, 1.165) is 19.4 Å². The molecule has 15 heavy (non-hydrogen) atoms. The lowest BCUT2D eigenvalue weighted by Gasteiger charge is -1.89. The molecule has 0 saturated carbocycles. The number of carbonyl (C=O) groups is 2. The maximum atomic E-state index is 9.10. The highest BCUT2D eigenvalue weighted by Crippen LogP contribution is 2.02. The molecule has 0 unspecified atom stereocenters. The highest BCUT2D eigenvalue weighted by molar-refractivity contribution is 7.07. The fraction of sp³-hybridized carbons (Fsp3) is 0.375. The number of aryl methyl sites for hydroxylation is 1. The molecule has 1 aromatic heterocycles. The van der Waals surface area contributed by atoms with Gasteiger partial charge in [-0.1, -0.05) is 0 Å². The summed E-state index contributed by atoms with van der Waals surface area (Å²) < 4.78 is 0. The number of nitrogens with two attached hydrogens (primary N) is 1. The monoisotopic (exact) mass is 232 g/mol. The molecule has 0 amide bonds. The van der Waals surface area contributed by atoms with E-state index in [1.165, 1.54) is 5.69 Å². The van der Waals surface area contributed by atoms with E-state index < -0.39 is 11.9 Å². The number of nitrogens with zero attached hydrogens (tertiary/aromatic N) is 1. The van der Waals surface area contributed by atoms with Gasteiger partial charge in [-0.25, -0.2) is 14.6 Å². The molecule has 0 aliphatic heterocycles. The smallest absolute Gasteiger partial charge is 0.414 e. The summed E-state index contributed by atoms with van der Waals surface area (Å²) in [6, 6.07) is 0. The molecule has 84 valence electrons. The van der Waals surface area contributed by atoms with Crippen LogP contribution in [-0.4, -0.2) is 33.7 Å². The first-order valence-electron chi connectivity index (χ1n) is 4.11. The van der Waals surface area contributed by atoms with E-state index >= 15 is 0 Å². The van der Waals surface area contributed by atoms with Crippen molar-refractivity contribution in [2.45, 2.75) is 12.8 Å². The van der Waals surface area contributed by atoms with Crippen LogP contribution in [0.25, 0.3) is 0 Å². The lowest BCUT2D eigenvalue weighted by Crippen LogP contribution is -2.09. The van der Waals surface area contributed by atoms with Crippen molar-refractivity contribution >= 4 is 23.3 Å². The van der Waals surface area contributed by atoms with E-state index in [2.05, 4.69) is 10.4 Å². The van der Waals surface area contributed by atoms with Gasteiger partial charge in [0.25, 0.3) is 0 Å². The summed E-state index contributed by atoms with van der Waals surface area (Å²) in [5, 5.41) is 16.8. The van der Waals surface area contributed by atoms with Crippen LogP contribution in [0.15, 0.2) is 10.9 Å². The summed E-state index contributed by atoms with van der Waals surface area (Å²) in [5.41, 5.74) is 8.35. The maximum Gasteiger partial charge on any atom is 0.414 e. The molecule has 4 N–H and O–H groups in total. The summed E-state index contributed by atoms with van der Waals surface area (Å²) in [6.45, 7) is 0.761. The van der Waals surface area contributed by atoms with Crippen molar-refractivity contribution in [3.63, 3.8) is 0 Å². The van der Waals surface area contributed by atoms with Gasteiger partial charge in [0.05, 0.1) is 11.2 Å². The van der Waals surface area contributed by atoms with Crippen molar-refractivity contribution in [3.8, 4) is 0 Å². The van der Waals surface area contributed by atoms with E-state index in [1.807, 2.05) is 5.51 Å². The average Bonchev–Trinajstić information content (AvgIpc) is 2.68. The predicted octanol–water partition coefficient (Wildman–Crippen LogP) is 0.190. The fourth-order valence-corrected chi connectivity index (χ4v) is 1.24. The van der Waals surface area contributed by atoms with Crippen LogP contribution in [0.2, 0.25) is 0 Å². The van der Waals surface area contributed by atoms with Crippen molar-refractivity contribution in [1.29, 1.82) is 0 Å². The number of hydrogen-bond acceptors (Lipinski definition) is 5. The summed E-state index contributed by atoms with van der Waals surface area (Å²) in [4.78, 5) is 22.3. The zero-order valence-corrected chi connectivity index (χ0v) is 8.74. The molecule has 1 heterocycles. The standard InChI is InChI=1S/C6H10N2S.C2H2O4/c7-3-1-2-6-4-9-5-8-6;3-1(4)2(5)6/h4-5H,1-3,7H2;(H,3,4)(H,5,6). The first-order valence-corrected chi connectivity index (χ1v) is 5.05. The molecule has 0 radical (unpaired) electrons. The number of carboxylic acid groups (broad SMARTS) is 2. The van der Waals surface area contributed by atoms with Gasteiger partial charge < -0.3 is 15.9 Å². The molecule has 1 rings (SSSR count).